The summed E-state index contributed by atoms with van der Waals surface area (Å²) < 4.78 is 0. The van der Waals surface area contributed by atoms with Crippen LogP contribution in [0.1, 0.15) is 41.0 Å². The number of ketones is 1. The Kier molecular flexibility index (Phi) is 4.39. The molecule has 0 radical (unpaired) electrons. The van der Waals surface area contributed by atoms with Gasteiger partial charge in [0, 0.05) is 12.3 Å². The van der Waals surface area contributed by atoms with Crippen molar-refractivity contribution in [2.24, 2.45) is 17.8 Å². The van der Waals surface area contributed by atoms with Gasteiger partial charge in [-0.05, 0) is 11.8 Å². The quantitative estimate of drug-likeness (QED) is 0.611. The molecule has 0 bridgehead atoms. The van der Waals surface area contributed by atoms with Gasteiger partial charge in [-0.1, -0.05) is 34.6 Å². The lowest BCUT2D eigenvalue weighted by molar-refractivity contribution is -0.124. The number of carbonyl (C=O) groups is 1. The standard InChI is InChI=1S/C10H20O/c1-7(2)6-10(11)9(5)8(3)4/h7-9H,6H2,1-5H3. The first-order chi connectivity index (χ1) is 4.95. The molecule has 0 heterocycles. The fourth-order valence-electron chi connectivity index (χ4n) is 0.960. The van der Waals surface area contributed by atoms with E-state index in [2.05, 4.69) is 27.7 Å². The second-order valence-electron chi connectivity index (χ2n) is 4.10. The Morgan fingerprint density at radius 2 is 1.55 bits per heavy atom. The molecule has 0 rings (SSSR count). The van der Waals surface area contributed by atoms with Gasteiger partial charge in [-0.15, -0.1) is 0 Å². The summed E-state index contributed by atoms with van der Waals surface area (Å²) in [6, 6.07) is 0. The van der Waals surface area contributed by atoms with Crippen molar-refractivity contribution < 1.29 is 4.79 Å². The van der Waals surface area contributed by atoms with E-state index in [1.54, 1.807) is 0 Å². The molecule has 0 amide bonds. The van der Waals surface area contributed by atoms with Crippen molar-refractivity contribution in [2.45, 2.75) is 41.0 Å². The van der Waals surface area contributed by atoms with Crippen LogP contribution in [0, 0.1) is 17.8 Å². The van der Waals surface area contributed by atoms with Crippen molar-refractivity contribution in [3.63, 3.8) is 0 Å². The summed E-state index contributed by atoms with van der Waals surface area (Å²) in [7, 11) is 0. The highest BCUT2D eigenvalue weighted by Gasteiger charge is 2.16. The largest absolute Gasteiger partial charge is 0.299 e. The summed E-state index contributed by atoms with van der Waals surface area (Å²) in [5.41, 5.74) is 0. The second-order valence-corrected chi connectivity index (χ2v) is 4.10. The normalized spacial score (nSPS) is 14.1. The van der Waals surface area contributed by atoms with Gasteiger partial charge in [0.2, 0.25) is 0 Å². The summed E-state index contributed by atoms with van der Waals surface area (Å²) in [4.78, 5) is 11.4. The molecular weight excluding hydrogens is 136 g/mol. The molecule has 0 saturated carbocycles. The van der Waals surface area contributed by atoms with E-state index in [-0.39, 0.29) is 5.92 Å². The maximum atomic E-state index is 11.4. The van der Waals surface area contributed by atoms with Gasteiger partial charge in [0.25, 0.3) is 0 Å². The molecule has 0 aromatic heterocycles. The number of rotatable bonds is 4. The molecule has 1 unspecified atom stereocenters. The van der Waals surface area contributed by atoms with Gasteiger partial charge in [0.05, 0.1) is 0 Å². The van der Waals surface area contributed by atoms with Gasteiger partial charge < -0.3 is 0 Å². The third kappa shape index (κ3) is 4.18. The van der Waals surface area contributed by atoms with Crippen LogP contribution >= 0.6 is 0 Å². The Morgan fingerprint density at radius 3 is 1.82 bits per heavy atom. The van der Waals surface area contributed by atoms with Crippen LogP contribution in [0.4, 0.5) is 0 Å². The molecule has 0 fully saturated rings. The van der Waals surface area contributed by atoms with Crippen molar-refractivity contribution in [1.29, 1.82) is 0 Å². The molecule has 1 heteroatoms. The van der Waals surface area contributed by atoms with Crippen LogP contribution in [-0.4, -0.2) is 5.78 Å². The summed E-state index contributed by atoms with van der Waals surface area (Å²) in [6.45, 7) is 10.4. The predicted octanol–water partition coefficient (Wildman–Crippen LogP) is 2.89. The predicted molar refractivity (Wildman–Crippen MR) is 48.5 cm³/mol. The summed E-state index contributed by atoms with van der Waals surface area (Å²) in [6.07, 6.45) is 0.735. The molecule has 1 atom stereocenters. The third-order valence-electron chi connectivity index (χ3n) is 2.12. The number of hydrogen-bond acceptors (Lipinski definition) is 1. The van der Waals surface area contributed by atoms with Crippen LogP contribution in [0.25, 0.3) is 0 Å². The first-order valence-corrected chi connectivity index (χ1v) is 4.47. The smallest absolute Gasteiger partial charge is 0.136 e. The molecule has 11 heavy (non-hydrogen) atoms. The summed E-state index contributed by atoms with van der Waals surface area (Å²) >= 11 is 0. The maximum Gasteiger partial charge on any atom is 0.136 e. The molecule has 0 aliphatic carbocycles. The van der Waals surface area contributed by atoms with Gasteiger partial charge in [-0.25, -0.2) is 0 Å². The summed E-state index contributed by atoms with van der Waals surface area (Å²) in [5.74, 6) is 1.64. The molecule has 66 valence electrons. The molecule has 0 aromatic rings. The van der Waals surface area contributed by atoms with Crippen molar-refractivity contribution in [3.05, 3.63) is 0 Å². The molecule has 1 nitrogen and oxygen atoms in total. The Balaban J connectivity index is 3.83. The first-order valence-electron chi connectivity index (χ1n) is 4.47. The lowest BCUT2D eigenvalue weighted by Gasteiger charge is -2.14. The Hall–Kier alpha value is -0.330. The van der Waals surface area contributed by atoms with E-state index in [1.807, 2.05) is 6.92 Å². The fraction of sp³-hybridized carbons (Fsp3) is 0.900. The SMILES string of the molecule is CC(C)CC(=O)C(C)C(C)C. The van der Waals surface area contributed by atoms with Crippen LogP contribution in [0.15, 0.2) is 0 Å². The van der Waals surface area contributed by atoms with E-state index in [0.717, 1.165) is 6.42 Å². The zero-order valence-corrected chi connectivity index (χ0v) is 8.35. The van der Waals surface area contributed by atoms with Gasteiger partial charge in [0.1, 0.15) is 5.78 Å². The van der Waals surface area contributed by atoms with E-state index >= 15 is 0 Å². The Bertz CT molecular complexity index is 125. The monoisotopic (exact) mass is 156 g/mol. The molecular formula is C10H20O. The van der Waals surface area contributed by atoms with Gasteiger partial charge >= 0.3 is 0 Å². The minimum atomic E-state index is 0.234. The van der Waals surface area contributed by atoms with Crippen molar-refractivity contribution in [2.75, 3.05) is 0 Å². The van der Waals surface area contributed by atoms with Crippen LogP contribution in [0.5, 0.6) is 0 Å². The highest BCUT2D eigenvalue weighted by molar-refractivity contribution is 5.80. The average molecular weight is 156 g/mol. The Labute approximate surface area is 70.2 Å². The highest BCUT2D eigenvalue weighted by Crippen LogP contribution is 2.15. The molecule has 0 aliphatic rings. The molecule has 0 aromatic carbocycles. The molecule has 0 aliphatic heterocycles. The second kappa shape index (κ2) is 4.53. The van der Waals surface area contributed by atoms with Gasteiger partial charge in [-0.3, -0.25) is 4.79 Å². The van der Waals surface area contributed by atoms with E-state index in [4.69, 9.17) is 0 Å². The van der Waals surface area contributed by atoms with Crippen molar-refractivity contribution in [1.82, 2.24) is 0 Å². The first kappa shape index (κ1) is 10.7. The van der Waals surface area contributed by atoms with Crippen molar-refractivity contribution in [3.8, 4) is 0 Å². The molecule has 0 saturated heterocycles. The van der Waals surface area contributed by atoms with E-state index in [0.29, 0.717) is 17.6 Å². The number of carbonyl (C=O) groups excluding carboxylic acids is 1. The topological polar surface area (TPSA) is 17.1 Å². The van der Waals surface area contributed by atoms with Gasteiger partial charge in [-0.2, -0.15) is 0 Å². The van der Waals surface area contributed by atoms with E-state index in [1.165, 1.54) is 0 Å². The minimum absolute atomic E-state index is 0.234. The average Bonchev–Trinajstić information content (AvgIpc) is 1.84. The number of hydrogen-bond donors (Lipinski definition) is 0. The third-order valence-corrected chi connectivity index (χ3v) is 2.12. The number of Topliss-reactive ketones (excluding diaryl/α,β-unsaturated/α-hetero) is 1. The summed E-state index contributed by atoms with van der Waals surface area (Å²) in [5, 5.41) is 0. The van der Waals surface area contributed by atoms with Crippen LogP contribution in [0.3, 0.4) is 0 Å². The van der Waals surface area contributed by atoms with Crippen molar-refractivity contribution >= 4 is 5.78 Å². The molecule has 0 N–H and O–H groups in total. The maximum absolute atomic E-state index is 11.4. The van der Waals surface area contributed by atoms with E-state index < -0.39 is 0 Å². The van der Waals surface area contributed by atoms with Gasteiger partial charge in [0.15, 0.2) is 0 Å². The van der Waals surface area contributed by atoms with Crippen LogP contribution in [-0.2, 0) is 4.79 Å². The highest BCUT2D eigenvalue weighted by atomic mass is 16.1. The lowest BCUT2D eigenvalue weighted by atomic mass is 9.89. The zero-order chi connectivity index (χ0) is 9.02. The fourth-order valence-corrected chi connectivity index (χ4v) is 0.960. The molecule has 0 spiro atoms. The zero-order valence-electron chi connectivity index (χ0n) is 8.35. The minimum Gasteiger partial charge on any atom is -0.299 e. The van der Waals surface area contributed by atoms with Crippen LogP contribution < -0.4 is 0 Å². The Morgan fingerprint density at radius 1 is 1.09 bits per heavy atom. The lowest BCUT2D eigenvalue weighted by Crippen LogP contribution is -2.18. The van der Waals surface area contributed by atoms with E-state index in [9.17, 15) is 4.79 Å². The van der Waals surface area contributed by atoms with Crippen LogP contribution in [0.2, 0.25) is 0 Å².